The number of hydrogen-bond donors (Lipinski definition) is 1. The standard InChI is InChI=1S/C15H24N2O3S/c1-17(13-7-5-3-4-6-8-13)21(18,19)15-10-9-12(16)11-14(15)20-2/h9-11,13H,3-8,16H2,1-2H3. The minimum atomic E-state index is -3.56. The highest BCUT2D eigenvalue weighted by Gasteiger charge is 2.30. The molecule has 1 aromatic rings. The lowest BCUT2D eigenvalue weighted by Gasteiger charge is -2.27. The zero-order valence-electron chi connectivity index (χ0n) is 12.7. The Morgan fingerprint density at radius 1 is 1.19 bits per heavy atom. The van der Waals surface area contributed by atoms with Crippen molar-refractivity contribution in [3.05, 3.63) is 18.2 Å². The molecule has 0 aromatic heterocycles. The van der Waals surface area contributed by atoms with Crippen LogP contribution in [0.5, 0.6) is 5.75 Å². The molecule has 0 aliphatic heterocycles. The Morgan fingerprint density at radius 2 is 1.81 bits per heavy atom. The average molecular weight is 312 g/mol. The number of hydrogen-bond acceptors (Lipinski definition) is 4. The van der Waals surface area contributed by atoms with Gasteiger partial charge in [0.2, 0.25) is 10.0 Å². The van der Waals surface area contributed by atoms with Gasteiger partial charge in [-0.15, -0.1) is 0 Å². The monoisotopic (exact) mass is 312 g/mol. The average Bonchev–Trinajstić information content (AvgIpc) is 2.74. The second kappa shape index (κ2) is 6.66. The summed E-state index contributed by atoms with van der Waals surface area (Å²) in [6.45, 7) is 0. The normalized spacial score (nSPS) is 17.7. The third-order valence-corrected chi connectivity index (χ3v) is 6.13. The number of rotatable bonds is 4. The first-order chi connectivity index (χ1) is 9.96. The third-order valence-electron chi connectivity index (χ3n) is 4.18. The van der Waals surface area contributed by atoms with E-state index in [4.69, 9.17) is 10.5 Å². The second-order valence-corrected chi connectivity index (χ2v) is 7.54. The lowest BCUT2D eigenvalue weighted by molar-refractivity contribution is 0.332. The van der Waals surface area contributed by atoms with Crippen LogP contribution < -0.4 is 10.5 Å². The highest BCUT2D eigenvalue weighted by Crippen LogP contribution is 2.31. The molecule has 21 heavy (non-hydrogen) atoms. The minimum absolute atomic E-state index is 0.0692. The molecule has 6 heteroatoms. The molecule has 0 amide bonds. The van der Waals surface area contributed by atoms with E-state index >= 15 is 0 Å². The third kappa shape index (κ3) is 3.49. The summed E-state index contributed by atoms with van der Waals surface area (Å²) >= 11 is 0. The summed E-state index contributed by atoms with van der Waals surface area (Å²) in [6.07, 6.45) is 6.40. The Morgan fingerprint density at radius 3 is 2.38 bits per heavy atom. The molecular formula is C15H24N2O3S. The highest BCUT2D eigenvalue weighted by atomic mass is 32.2. The van der Waals surface area contributed by atoms with Crippen LogP contribution in [0, 0.1) is 0 Å². The summed E-state index contributed by atoms with van der Waals surface area (Å²) in [5, 5.41) is 0. The molecule has 0 atom stereocenters. The quantitative estimate of drug-likeness (QED) is 0.685. The SMILES string of the molecule is COc1cc(N)ccc1S(=O)(=O)N(C)C1CCCCCC1. The summed E-state index contributed by atoms with van der Waals surface area (Å²) in [5.41, 5.74) is 6.19. The van der Waals surface area contributed by atoms with Gasteiger partial charge in [-0.1, -0.05) is 25.7 Å². The molecule has 2 rings (SSSR count). The van der Waals surface area contributed by atoms with E-state index < -0.39 is 10.0 Å². The molecule has 1 fully saturated rings. The molecule has 2 N–H and O–H groups in total. The topological polar surface area (TPSA) is 72.6 Å². The van der Waals surface area contributed by atoms with E-state index in [1.54, 1.807) is 19.2 Å². The maximum Gasteiger partial charge on any atom is 0.246 e. The molecule has 0 radical (unpaired) electrons. The van der Waals surface area contributed by atoms with Gasteiger partial charge in [-0.3, -0.25) is 0 Å². The van der Waals surface area contributed by atoms with E-state index in [2.05, 4.69) is 0 Å². The summed E-state index contributed by atoms with van der Waals surface area (Å²) in [5.74, 6) is 0.301. The van der Waals surface area contributed by atoms with E-state index in [1.165, 1.54) is 30.3 Å². The fourth-order valence-electron chi connectivity index (χ4n) is 2.87. The van der Waals surface area contributed by atoms with Crippen molar-refractivity contribution < 1.29 is 13.2 Å². The predicted molar refractivity (Wildman–Crippen MR) is 83.8 cm³/mol. The van der Waals surface area contributed by atoms with Crippen molar-refractivity contribution in [2.45, 2.75) is 49.5 Å². The van der Waals surface area contributed by atoms with Crippen LogP contribution in [0.2, 0.25) is 0 Å². The molecule has 1 aromatic carbocycles. The molecule has 0 heterocycles. The molecule has 118 valence electrons. The minimum Gasteiger partial charge on any atom is -0.495 e. The van der Waals surface area contributed by atoms with Gasteiger partial charge in [0.1, 0.15) is 10.6 Å². The number of sulfonamides is 1. The molecule has 0 spiro atoms. The summed E-state index contributed by atoms with van der Waals surface area (Å²) in [4.78, 5) is 0.186. The van der Waals surface area contributed by atoms with Crippen molar-refractivity contribution in [2.24, 2.45) is 0 Å². The first-order valence-electron chi connectivity index (χ1n) is 7.38. The van der Waals surface area contributed by atoms with Gasteiger partial charge in [0.25, 0.3) is 0 Å². The van der Waals surface area contributed by atoms with Gasteiger partial charge in [-0.2, -0.15) is 4.31 Å². The van der Waals surface area contributed by atoms with Crippen LogP contribution in [0.1, 0.15) is 38.5 Å². The number of nitrogens with two attached hydrogens (primary N) is 1. The number of anilines is 1. The van der Waals surface area contributed by atoms with Gasteiger partial charge in [-0.05, 0) is 25.0 Å². The fraction of sp³-hybridized carbons (Fsp3) is 0.600. The molecule has 0 saturated heterocycles. The van der Waals surface area contributed by atoms with Crippen LogP contribution in [0.3, 0.4) is 0 Å². The first kappa shape index (κ1) is 16.1. The molecule has 1 saturated carbocycles. The molecule has 1 aliphatic carbocycles. The van der Waals surface area contributed by atoms with Crippen LogP contribution in [0.25, 0.3) is 0 Å². The van der Waals surface area contributed by atoms with Crippen LogP contribution in [-0.4, -0.2) is 32.9 Å². The molecule has 5 nitrogen and oxygen atoms in total. The lowest BCUT2D eigenvalue weighted by Crippen LogP contribution is -2.36. The van der Waals surface area contributed by atoms with Crippen molar-refractivity contribution in [3.63, 3.8) is 0 Å². The maximum atomic E-state index is 12.8. The molecular weight excluding hydrogens is 288 g/mol. The van der Waals surface area contributed by atoms with Crippen molar-refractivity contribution >= 4 is 15.7 Å². The van der Waals surface area contributed by atoms with Crippen molar-refractivity contribution in [3.8, 4) is 5.75 Å². The summed E-state index contributed by atoms with van der Waals surface area (Å²) < 4.78 is 32.4. The number of benzene rings is 1. The Labute approximate surface area is 127 Å². The first-order valence-corrected chi connectivity index (χ1v) is 8.82. The van der Waals surface area contributed by atoms with Gasteiger partial charge < -0.3 is 10.5 Å². The molecule has 0 bridgehead atoms. The smallest absolute Gasteiger partial charge is 0.246 e. The highest BCUT2D eigenvalue weighted by molar-refractivity contribution is 7.89. The van der Waals surface area contributed by atoms with Gasteiger partial charge in [0, 0.05) is 24.8 Å². The Kier molecular flexibility index (Phi) is 5.11. The lowest BCUT2D eigenvalue weighted by atomic mass is 10.1. The van der Waals surface area contributed by atoms with E-state index in [-0.39, 0.29) is 10.9 Å². The van der Waals surface area contributed by atoms with Crippen molar-refractivity contribution in [1.82, 2.24) is 4.31 Å². The van der Waals surface area contributed by atoms with E-state index in [0.717, 1.165) is 25.7 Å². The van der Waals surface area contributed by atoms with Crippen LogP contribution in [0.4, 0.5) is 5.69 Å². The number of nitrogens with zero attached hydrogens (tertiary/aromatic N) is 1. The second-order valence-electron chi connectivity index (χ2n) is 5.58. The van der Waals surface area contributed by atoms with Gasteiger partial charge in [-0.25, -0.2) is 8.42 Å². The largest absolute Gasteiger partial charge is 0.495 e. The van der Waals surface area contributed by atoms with Gasteiger partial charge in [0.05, 0.1) is 7.11 Å². The molecule has 1 aliphatic rings. The van der Waals surface area contributed by atoms with Gasteiger partial charge in [0.15, 0.2) is 0 Å². The summed E-state index contributed by atoms with van der Waals surface area (Å²) in [6, 6.07) is 4.74. The Bertz CT molecular complexity index is 579. The van der Waals surface area contributed by atoms with Crippen LogP contribution >= 0.6 is 0 Å². The zero-order chi connectivity index (χ0) is 15.5. The number of ether oxygens (including phenoxy) is 1. The number of nitrogen functional groups attached to an aromatic ring is 1. The van der Waals surface area contributed by atoms with E-state index in [1.807, 2.05) is 0 Å². The maximum absolute atomic E-state index is 12.8. The summed E-state index contributed by atoms with van der Waals surface area (Å²) in [7, 11) is -0.436. The molecule has 0 unspecified atom stereocenters. The van der Waals surface area contributed by atoms with Crippen LogP contribution in [0.15, 0.2) is 23.1 Å². The van der Waals surface area contributed by atoms with Gasteiger partial charge >= 0.3 is 0 Å². The predicted octanol–water partition coefficient (Wildman–Crippen LogP) is 2.62. The van der Waals surface area contributed by atoms with Crippen molar-refractivity contribution in [1.29, 1.82) is 0 Å². The fourth-order valence-corrected chi connectivity index (χ4v) is 4.42. The number of methoxy groups -OCH3 is 1. The zero-order valence-corrected chi connectivity index (χ0v) is 13.5. The van der Waals surface area contributed by atoms with E-state index in [0.29, 0.717) is 11.4 Å². The van der Waals surface area contributed by atoms with E-state index in [9.17, 15) is 8.42 Å². The Hall–Kier alpha value is -1.27. The van der Waals surface area contributed by atoms with Crippen LogP contribution in [-0.2, 0) is 10.0 Å². The Balaban J connectivity index is 2.32. The van der Waals surface area contributed by atoms with Crippen molar-refractivity contribution in [2.75, 3.05) is 19.9 Å².